The van der Waals surface area contributed by atoms with E-state index in [0.29, 0.717) is 17.4 Å². The van der Waals surface area contributed by atoms with Crippen molar-refractivity contribution in [1.82, 2.24) is 0 Å². The molecule has 0 bridgehead atoms. The van der Waals surface area contributed by atoms with Crippen LogP contribution in [0.15, 0.2) is 195 Å². The number of pyridine rings is 5. The first kappa shape index (κ1) is 60.4. The molecule has 0 aliphatic carbocycles. The second-order valence-electron chi connectivity index (χ2n) is 23.5. The number of hydrogen-bond acceptors (Lipinski definition) is 0. The molecule has 0 aliphatic heterocycles. The predicted octanol–water partition coefficient (Wildman–Crippen LogP) is 16.9. The summed E-state index contributed by atoms with van der Waals surface area (Å²) < 4.78 is 33.7. The summed E-state index contributed by atoms with van der Waals surface area (Å²) in [6.07, 6.45) is 12.8. The lowest BCUT2D eigenvalue weighted by Crippen LogP contribution is -2.33. The van der Waals surface area contributed by atoms with Crippen LogP contribution in [-0.4, -0.2) is 0 Å². The second kappa shape index (κ2) is 30.4. The van der Waals surface area contributed by atoms with Gasteiger partial charge in [0.25, 0.3) is 0 Å². The van der Waals surface area contributed by atoms with Crippen LogP contribution in [0, 0.1) is 75.1 Å². The van der Waals surface area contributed by atoms with Crippen molar-refractivity contribution in [3.05, 3.63) is 267 Å². The summed E-state index contributed by atoms with van der Waals surface area (Å²) in [6.45, 7) is 28.0. The van der Waals surface area contributed by atoms with Gasteiger partial charge in [0.1, 0.15) is 35.2 Å². The van der Waals surface area contributed by atoms with E-state index in [1.807, 2.05) is 37.6 Å². The SMILES string of the molecule is CCc1ccc(-c2ccccc2C)[n+](C)c1.Cc1ccccc1-c1c(C)c(C)cc[n+]1C.Cc1ccccc1-c1ccc(C(C)C)c[n+]1C.Cc1ccccc1-c1ccc(CC(C)C)c[n+]1C.[2H]C([2H])([2H])c1c[n+](C)c(-c2ccccc2C)c(C)c1C. The third kappa shape index (κ3) is 16.8. The van der Waals surface area contributed by atoms with Gasteiger partial charge >= 0.3 is 0 Å². The van der Waals surface area contributed by atoms with E-state index in [9.17, 15) is 0 Å². The Bertz CT molecular complexity index is 3940. The highest BCUT2D eigenvalue weighted by Gasteiger charge is 2.20. The van der Waals surface area contributed by atoms with E-state index >= 15 is 0 Å². The average molecular weight is 1120 g/mol. The fourth-order valence-electron chi connectivity index (χ4n) is 10.9. The lowest BCUT2D eigenvalue weighted by molar-refractivity contribution is -0.661. The Labute approximate surface area is 511 Å². The third-order valence-corrected chi connectivity index (χ3v) is 16.2. The summed E-state index contributed by atoms with van der Waals surface area (Å²) >= 11 is 0. The molecule has 10 rings (SSSR count). The van der Waals surface area contributed by atoms with Crippen molar-refractivity contribution in [2.45, 2.75) is 123 Å². The summed E-state index contributed by atoms with van der Waals surface area (Å²) in [5.74, 6) is 1.28. The zero-order chi connectivity index (χ0) is 63.9. The van der Waals surface area contributed by atoms with Crippen molar-refractivity contribution >= 4 is 0 Å². The summed E-state index contributed by atoms with van der Waals surface area (Å²) in [4.78, 5) is 0. The van der Waals surface area contributed by atoms with E-state index in [4.69, 9.17) is 4.11 Å². The highest BCUT2D eigenvalue weighted by atomic mass is 14.9. The van der Waals surface area contributed by atoms with Crippen LogP contribution in [0.2, 0.25) is 0 Å². The van der Waals surface area contributed by atoms with Gasteiger partial charge < -0.3 is 0 Å². The molecule has 0 saturated carbocycles. The molecule has 0 saturated heterocycles. The first-order valence-corrected chi connectivity index (χ1v) is 30.0. The van der Waals surface area contributed by atoms with Crippen LogP contribution in [0.4, 0.5) is 0 Å². The van der Waals surface area contributed by atoms with Crippen molar-refractivity contribution in [2.75, 3.05) is 0 Å². The molecule has 434 valence electrons. The molecule has 0 fully saturated rings. The Morgan fingerprint density at radius 3 is 1.11 bits per heavy atom. The van der Waals surface area contributed by atoms with Gasteiger partial charge in [0.15, 0.2) is 31.0 Å². The fraction of sp³-hybridized carbons (Fsp3) is 0.304. The molecule has 84 heavy (non-hydrogen) atoms. The van der Waals surface area contributed by atoms with Gasteiger partial charge in [-0.25, -0.2) is 22.8 Å². The molecule has 0 unspecified atom stereocenters. The van der Waals surface area contributed by atoms with Gasteiger partial charge in [-0.15, -0.1) is 0 Å². The monoisotopic (exact) mass is 1120 g/mol. The Kier molecular flexibility index (Phi) is 21.9. The lowest BCUT2D eigenvalue weighted by atomic mass is 9.97. The molecular formula is C79H98N5+5. The summed E-state index contributed by atoms with van der Waals surface area (Å²) in [5, 5.41) is 0. The summed E-state index contributed by atoms with van der Waals surface area (Å²) in [5.41, 5.74) is 28.3. The average Bonchev–Trinajstić information content (AvgIpc) is 1.21. The summed E-state index contributed by atoms with van der Waals surface area (Å²) in [7, 11) is 10.4. The number of hydrogen-bond donors (Lipinski definition) is 0. The second-order valence-corrected chi connectivity index (χ2v) is 23.5. The minimum atomic E-state index is -2.07. The van der Waals surface area contributed by atoms with Gasteiger partial charge in [-0.05, 0) is 181 Å². The molecule has 0 N–H and O–H groups in total. The van der Waals surface area contributed by atoms with Crippen LogP contribution in [0.3, 0.4) is 0 Å². The van der Waals surface area contributed by atoms with E-state index in [1.165, 1.54) is 101 Å². The standard InChI is InChI=1S/C17H22N.2C16H20N.2C15H18N/c1-13(2)11-15-9-10-17(18(4)12-15)16-8-6-5-7-14(16)3;1-11-8-6-7-9-15(11)16-14(4)13(3)12(2)10-17(16)5;1-12(2)14-9-10-16(17(4)11-14)15-8-6-5-7-13(15)3;1-11-9-10-16(4)15(13(11)3)14-8-6-5-7-12(14)2;1-4-13-9-10-15(16(3)11-13)14-8-6-5-7-12(14)2/h5-10,12-13H,11H2,1-4H3;6-10H,1-5H3;5-12H,1-4H3;5-10H,1-4H3;5-11H,4H2,1-3H3/q5*+1/i;2D3;;;. The van der Waals surface area contributed by atoms with Crippen LogP contribution >= 0.6 is 0 Å². The number of benzene rings is 5. The molecule has 5 nitrogen and oxygen atoms in total. The van der Waals surface area contributed by atoms with Crippen LogP contribution in [-0.2, 0) is 48.1 Å². The van der Waals surface area contributed by atoms with Crippen LogP contribution in [0.5, 0.6) is 0 Å². The van der Waals surface area contributed by atoms with E-state index in [-0.39, 0.29) is 0 Å². The van der Waals surface area contributed by atoms with Crippen molar-refractivity contribution in [1.29, 1.82) is 0 Å². The highest BCUT2D eigenvalue weighted by Crippen LogP contribution is 2.28. The minimum Gasteiger partial charge on any atom is -0.201 e. The maximum Gasteiger partial charge on any atom is 0.215 e. The van der Waals surface area contributed by atoms with Crippen molar-refractivity contribution < 1.29 is 26.9 Å². The van der Waals surface area contributed by atoms with Gasteiger partial charge in [-0.3, -0.25) is 0 Å². The molecule has 5 aromatic heterocycles. The van der Waals surface area contributed by atoms with Gasteiger partial charge in [-0.2, -0.15) is 0 Å². The largest absolute Gasteiger partial charge is 0.215 e. The molecule has 5 heterocycles. The number of aryl methyl sites for hydroxylation is 13. The van der Waals surface area contributed by atoms with Gasteiger partial charge in [-0.1, -0.05) is 126 Å². The molecule has 5 heteroatoms. The third-order valence-electron chi connectivity index (χ3n) is 16.2. The Hall–Kier alpha value is -8.15. The topological polar surface area (TPSA) is 19.4 Å². The van der Waals surface area contributed by atoms with Crippen molar-refractivity contribution in [3.63, 3.8) is 0 Å². The van der Waals surface area contributed by atoms with Crippen molar-refractivity contribution in [3.8, 4) is 56.3 Å². The van der Waals surface area contributed by atoms with Crippen LogP contribution in [0.1, 0.15) is 117 Å². The van der Waals surface area contributed by atoms with Crippen LogP contribution < -0.4 is 22.8 Å². The molecule has 0 amide bonds. The van der Waals surface area contributed by atoms with E-state index < -0.39 is 6.85 Å². The van der Waals surface area contributed by atoms with E-state index in [1.54, 1.807) is 6.20 Å². The Morgan fingerprint density at radius 1 is 0.345 bits per heavy atom. The Balaban J connectivity index is 0.000000174. The zero-order valence-electron chi connectivity index (χ0n) is 57.3. The van der Waals surface area contributed by atoms with Gasteiger partial charge in [0, 0.05) is 89.6 Å². The smallest absolute Gasteiger partial charge is 0.201 e. The summed E-state index contributed by atoms with van der Waals surface area (Å²) in [6, 6.07) is 57.8. The molecule has 0 aliphatic rings. The van der Waals surface area contributed by atoms with Crippen LogP contribution in [0.25, 0.3) is 56.3 Å². The molecule has 0 spiro atoms. The fourth-order valence-corrected chi connectivity index (χ4v) is 10.9. The molecular weight excluding hydrogens is 1020 g/mol. The molecule has 0 atom stereocenters. The Morgan fingerprint density at radius 2 is 0.726 bits per heavy atom. The van der Waals surface area contributed by atoms with E-state index in [0.717, 1.165) is 35.2 Å². The van der Waals surface area contributed by atoms with Crippen molar-refractivity contribution in [2.24, 2.45) is 41.2 Å². The van der Waals surface area contributed by atoms with E-state index in [2.05, 4.69) is 306 Å². The number of rotatable bonds is 9. The number of nitrogens with zero attached hydrogens (tertiary/aromatic N) is 5. The first-order chi connectivity index (χ1) is 41.2. The molecule has 10 aromatic rings. The number of aromatic nitrogens is 5. The zero-order valence-corrected chi connectivity index (χ0v) is 54.3. The highest BCUT2D eigenvalue weighted by molar-refractivity contribution is 5.67. The minimum absolute atomic E-state index is 0.426. The quantitative estimate of drug-likeness (QED) is 0.128. The molecule has 0 radical (unpaired) electrons. The lowest BCUT2D eigenvalue weighted by Gasteiger charge is -2.10. The normalized spacial score (nSPS) is 11.4. The van der Waals surface area contributed by atoms with Gasteiger partial charge in [0.2, 0.25) is 28.5 Å². The molecule has 5 aromatic carbocycles. The predicted molar refractivity (Wildman–Crippen MR) is 355 cm³/mol. The van der Waals surface area contributed by atoms with Gasteiger partial charge in [0.05, 0.1) is 0 Å². The maximum atomic E-state index is 7.64. The maximum absolute atomic E-state index is 7.64. The first-order valence-electron chi connectivity index (χ1n) is 31.5.